The quantitative estimate of drug-likeness (QED) is 0.919. The molecule has 0 saturated carbocycles. The van der Waals surface area contributed by atoms with E-state index in [-0.39, 0.29) is 6.04 Å². The summed E-state index contributed by atoms with van der Waals surface area (Å²) in [5.41, 5.74) is 9.18. The molecule has 1 unspecified atom stereocenters. The van der Waals surface area contributed by atoms with Crippen molar-refractivity contribution in [3.05, 3.63) is 46.5 Å². The molecule has 1 aromatic carbocycles. The summed E-state index contributed by atoms with van der Waals surface area (Å²) in [5.74, 6) is 0. The summed E-state index contributed by atoms with van der Waals surface area (Å²) in [7, 11) is 0. The summed E-state index contributed by atoms with van der Waals surface area (Å²) < 4.78 is 3.09. The Morgan fingerprint density at radius 1 is 1.44 bits per heavy atom. The fourth-order valence-corrected chi connectivity index (χ4v) is 2.12. The Bertz CT molecular complexity index is 503. The zero-order valence-corrected chi connectivity index (χ0v) is 10.9. The van der Waals surface area contributed by atoms with Crippen molar-refractivity contribution in [2.45, 2.75) is 19.9 Å². The van der Waals surface area contributed by atoms with Crippen LogP contribution in [0.5, 0.6) is 0 Å². The first-order valence-corrected chi connectivity index (χ1v) is 5.94. The molecule has 0 aliphatic heterocycles. The van der Waals surface area contributed by atoms with E-state index >= 15 is 0 Å². The number of nitrogens with zero attached hydrogens (tertiary/aromatic N) is 2. The number of nitrogens with two attached hydrogens (primary N) is 1. The van der Waals surface area contributed by atoms with E-state index in [0.717, 1.165) is 15.9 Å². The van der Waals surface area contributed by atoms with Crippen molar-refractivity contribution in [1.29, 1.82) is 0 Å². The standard InChI is InChI=1S/C12H14BrN3/c1-8-4-3-5-10(12(8)13)16-7-15-6-11(16)9(2)14/h3-7,9H,14H2,1-2H3. The van der Waals surface area contributed by atoms with Crippen LogP contribution in [0.25, 0.3) is 5.69 Å². The highest BCUT2D eigenvalue weighted by atomic mass is 79.9. The van der Waals surface area contributed by atoms with Crippen LogP contribution in [0.4, 0.5) is 0 Å². The summed E-state index contributed by atoms with van der Waals surface area (Å²) in [6.07, 6.45) is 3.59. The van der Waals surface area contributed by atoms with Gasteiger partial charge in [0, 0.05) is 10.5 Å². The Kier molecular flexibility index (Phi) is 3.12. The van der Waals surface area contributed by atoms with Gasteiger partial charge in [0.05, 0.1) is 23.9 Å². The summed E-state index contributed by atoms with van der Waals surface area (Å²) >= 11 is 3.60. The van der Waals surface area contributed by atoms with E-state index in [1.54, 1.807) is 12.5 Å². The maximum Gasteiger partial charge on any atom is 0.0995 e. The van der Waals surface area contributed by atoms with Crippen LogP contribution in [-0.2, 0) is 0 Å². The van der Waals surface area contributed by atoms with Crippen LogP contribution in [0.15, 0.2) is 35.2 Å². The SMILES string of the molecule is Cc1cccc(-n2cncc2C(C)N)c1Br. The molecular formula is C12H14BrN3. The molecule has 1 atom stereocenters. The Labute approximate surface area is 103 Å². The summed E-state index contributed by atoms with van der Waals surface area (Å²) in [5, 5.41) is 0. The van der Waals surface area contributed by atoms with Gasteiger partial charge in [-0.1, -0.05) is 12.1 Å². The maximum atomic E-state index is 5.91. The minimum atomic E-state index is -0.0325. The number of halogens is 1. The molecular weight excluding hydrogens is 266 g/mol. The third-order valence-electron chi connectivity index (χ3n) is 2.56. The van der Waals surface area contributed by atoms with Gasteiger partial charge in [-0.15, -0.1) is 0 Å². The molecule has 84 valence electrons. The maximum absolute atomic E-state index is 5.91. The molecule has 4 heteroatoms. The minimum Gasteiger partial charge on any atom is -0.323 e. The van der Waals surface area contributed by atoms with Crippen molar-refractivity contribution in [2.75, 3.05) is 0 Å². The molecule has 3 nitrogen and oxygen atoms in total. The lowest BCUT2D eigenvalue weighted by atomic mass is 10.2. The Balaban J connectivity index is 2.59. The van der Waals surface area contributed by atoms with Gasteiger partial charge in [-0.2, -0.15) is 0 Å². The zero-order valence-electron chi connectivity index (χ0n) is 9.31. The molecule has 2 N–H and O–H groups in total. The molecule has 0 aliphatic rings. The van der Waals surface area contributed by atoms with Gasteiger partial charge >= 0.3 is 0 Å². The average Bonchev–Trinajstić information content (AvgIpc) is 2.70. The monoisotopic (exact) mass is 279 g/mol. The molecule has 0 saturated heterocycles. The molecule has 16 heavy (non-hydrogen) atoms. The highest BCUT2D eigenvalue weighted by Gasteiger charge is 2.11. The van der Waals surface area contributed by atoms with Crippen LogP contribution >= 0.6 is 15.9 Å². The first-order chi connectivity index (χ1) is 7.61. The minimum absolute atomic E-state index is 0.0325. The van der Waals surface area contributed by atoms with Crippen LogP contribution in [-0.4, -0.2) is 9.55 Å². The van der Waals surface area contributed by atoms with Gasteiger partial charge in [0.25, 0.3) is 0 Å². The van der Waals surface area contributed by atoms with Gasteiger partial charge in [-0.3, -0.25) is 0 Å². The summed E-state index contributed by atoms with van der Waals surface area (Å²) in [4.78, 5) is 4.15. The van der Waals surface area contributed by atoms with E-state index in [0.29, 0.717) is 0 Å². The van der Waals surface area contributed by atoms with Gasteiger partial charge in [-0.05, 0) is 41.4 Å². The van der Waals surface area contributed by atoms with Crippen molar-refractivity contribution in [2.24, 2.45) is 5.73 Å². The topological polar surface area (TPSA) is 43.8 Å². The Morgan fingerprint density at radius 2 is 2.19 bits per heavy atom. The number of hydrogen-bond donors (Lipinski definition) is 1. The highest BCUT2D eigenvalue weighted by molar-refractivity contribution is 9.10. The molecule has 1 aromatic heterocycles. The molecule has 1 heterocycles. The molecule has 0 fully saturated rings. The Morgan fingerprint density at radius 3 is 2.88 bits per heavy atom. The van der Waals surface area contributed by atoms with E-state index in [4.69, 9.17) is 5.73 Å². The second-order valence-electron chi connectivity index (χ2n) is 3.89. The van der Waals surface area contributed by atoms with Gasteiger partial charge < -0.3 is 10.3 Å². The van der Waals surface area contributed by atoms with Gasteiger partial charge in [-0.25, -0.2) is 4.98 Å². The van der Waals surface area contributed by atoms with Crippen molar-refractivity contribution in [3.8, 4) is 5.69 Å². The first-order valence-electron chi connectivity index (χ1n) is 5.14. The number of imidazole rings is 1. The zero-order chi connectivity index (χ0) is 11.7. The highest BCUT2D eigenvalue weighted by Crippen LogP contribution is 2.26. The molecule has 0 spiro atoms. The van der Waals surface area contributed by atoms with Crippen LogP contribution in [0.2, 0.25) is 0 Å². The third-order valence-corrected chi connectivity index (χ3v) is 3.60. The van der Waals surface area contributed by atoms with Crippen LogP contribution in [0.3, 0.4) is 0 Å². The molecule has 2 aromatic rings. The second-order valence-corrected chi connectivity index (χ2v) is 4.68. The average molecular weight is 280 g/mol. The fourth-order valence-electron chi connectivity index (χ4n) is 1.66. The third kappa shape index (κ3) is 1.90. The lowest BCUT2D eigenvalue weighted by molar-refractivity contribution is 0.751. The number of aromatic nitrogens is 2. The second kappa shape index (κ2) is 4.39. The van der Waals surface area contributed by atoms with Gasteiger partial charge in [0.15, 0.2) is 0 Å². The molecule has 2 rings (SSSR count). The molecule has 0 radical (unpaired) electrons. The fraction of sp³-hybridized carbons (Fsp3) is 0.250. The number of rotatable bonds is 2. The molecule has 0 aliphatic carbocycles. The van der Waals surface area contributed by atoms with Crippen molar-refractivity contribution in [1.82, 2.24) is 9.55 Å². The van der Waals surface area contributed by atoms with Crippen LogP contribution in [0, 0.1) is 6.92 Å². The van der Waals surface area contributed by atoms with E-state index in [9.17, 15) is 0 Å². The molecule has 0 amide bonds. The summed E-state index contributed by atoms with van der Waals surface area (Å²) in [6, 6.07) is 6.11. The lowest BCUT2D eigenvalue weighted by Gasteiger charge is -2.13. The van der Waals surface area contributed by atoms with Gasteiger partial charge in [0.1, 0.15) is 0 Å². The van der Waals surface area contributed by atoms with E-state index in [1.165, 1.54) is 5.56 Å². The Hall–Kier alpha value is -1.13. The number of benzene rings is 1. The smallest absolute Gasteiger partial charge is 0.0995 e. The van der Waals surface area contributed by atoms with E-state index in [2.05, 4.69) is 33.9 Å². The largest absolute Gasteiger partial charge is 0.323 e. The molecule has 0 bridgehead atoms. The first kappa shape index (κ1) is 11.4. The van der Waals surface area contributed by atoms with Crippen LogP contribution < -0.4 is 5.73 Å². The van der Waals surface area contributed by atoms with E-state index < -0.39 is 0 Å². The van der Waals surface area contributed by atoms with Crippen molar-refractivity contribution < 1.29 is 0 Å². The summed E-state index contributed by atoms with van der Waals surface area (Å²) in [6.45, 7) is 4.02. The number of aryl methyl sites for hydroxylation is 1. The lowest BCUT2D eigenvalue weighted by Crippen LogP contribution is -2.11. The number of hydrogen-bond acceptors (Lipinski definition) is 2. The van der Waals surface area contributed by atoms with Crippen molar-refractivity contribution >= 4 is 15.9 Å². The normalized spacial score (nSPS) is 12.8. The van der Waals surface area contributed by atoms with E-state index in [1.807, 2.05) is 23.6 Å². The predicted octanol–water partition coefficient (Wildman–Crippen LogP) is 2.96. The van der Waals surface area contributed by atoms with Gasteiger partial charge in [0.2, 0.25) is 0 Å². The predicted molar refractivity (Wildman–Crippen MR) is 68.6 cm³/mol. The van der Waals surface area contributed by atoms with Crippen LogP contribution in [0.1, 0.15) is 24.2 Å². The van der Waals surface area contributed by atoms with Crippen molar-refractivity contribution in [3.63, 3.8) is 0 Å².